The van der Waals surface area contributed by atoms with Gasteiger partial charge in [0.15, 0.2) is 0 Å². The predicted octanol–water partition coefficient (Wildman–Crippen LogP) is 4.52. The van der Waals surface area contributed by atoms with Crippen molar-refractivity contribution in [1.82, 2.24) is 9.97 Å². The molecule has 3 aromatic rings. The molecule has 0 saturated carbocycles. The van der Waals surface area contributed by atoms with Crippen molar-refractivity contribution >= 4 is 11.6 Å². The fraction of sp³-hybridized carbons (Fsp3) is 0.0588. The molecule has 0 N–H and O–H groups in total. The number of hydrogen-bond donors (Lipinski definition) is 0. The van der Waals surface area contributed by atoms with Gasteiger partial charge in [0.05, 0.1) is 5.69 Å². The lowest BCUT2D eigenvalue weighted by atomic mass is 10.1. The molecule has 0 radical (unpaired) electrons. The summed E-state index contributed by atoms with van der Waals surface area (Å²) in [5, 5.41) is 0.272. The highest BCUT2D eigenvalue weighted by atomic mass is 35.5. The number of benzene rings is 2. The van der Waals surface area contributed by atoms with E-state index in [9.17, 15) is 4.39 Å². The monoisotopic (exact) mass is 314 g/mol. The van der Waals surface area contributed by atoms with Gasteiger partial charge < -0.3 is 4.74 Å². The molecular formula is C17H12ClFN2O. The molecular weight excluding hydrogens is 303 g/mol. The Balaban J connectivity index is 1.77. The topological polar surface area (TPSA) is 35.0 Å². The molecule has 0 fully saturated rings. The summed E-state index contributed by atoms with van der Waals surface area (Å²) in [4.78, 5) is 7.80. The molecule has 3 nitrogen and oxygen atoms in total. The van der Waals surface area contributed by atoms with Crippen LogP contribution in [0.1, 0.15) is 5.56 Å². The van der Waals surface area contributed by atoms with Crippen molar-refractivity contribution in [3.05, 3.63) is 77.5 Å². The Labute approximate surface area is 132 Å². The van der Waals surface area contributed by atoms with Crippen molar-refractivity contribution in [3.63, 3.8) is 0 Å². The summed E-state index contributed by atoms with van der Waals surface area (Å²) in [5.74, 6) is 0.0468. The van der Waals surface area contributed by atoms with Gasteiger partial charge in [-0.05, 0) is 17.7 Å². The first kappa shape index (κ1) is 14.5. The van der Waals surface area contributed by atoms with Crippen molar-refractivity contribution in [3.8, 4) is 17.0 Å². The second kappa shape index (κ2) is 6.54. The van der Waals surface area contributed by atoms with Crippen LogP contribution in [0.4, 0.5) is 4.39 Å². The summed E-state index contributed by atoms with van der Waals surface area (Å²) in [6, 6.07) is 15.9. The summed E-state index contributed by atoms with van der Waals surface area (Å²) in [5.41, 5.74) is 1.82. The summed E-state index contributed by atoms with van der Waals surface area (Å²) in [7, 11) is 0. The molecule has 1 aromatic heterocycles. The second-order valence-electron chi connectivity index (χ2n) is 4.64. The van der Waals surface area contributed by atoms with Gasteiger partial charge in [0.1, 0.15) is 29.7 Å². The van der Waals surface area contributed by atoms with E-state index < -0.39 is 5.82 Å². The Hall–Kier alpha value is -2.46. The predicted molar refractivity (Wildman–Crippen MR) is 83.2 cm³/mol. The first-order valence-corrected chi connectivity index (χ1v) is 7.04. The molecule has 110 valence electrons. The number of ether oxygens (including phenoxy) is 1. The lowest BCUT2D eigenvalue weighted by Crippen LogP contribution is -1.96. The number of hydrogen-bond acceptors (Lipinski definition) is 3. The number of rotatable bonds is 4. The minimum atomic E-state index is -0.416. The molecule has 0 bridgehead atoms. The maximum absolute atomic E-state index is 14.2. The van der Waals surface area contributed by atoms with Gasteiger partial charge in [-0.15, -0.1) is 0 Å². The van der Waals surface area contributed by atoms with Gasteiger partial charge in [-0.3, -0.25) is 0 Å². The lowest BCUT2D eigenvalue weighted by molar-refractivity contribution is 0.304. The Morgan fingerprint density at radius 2 is 1.82 bits per heavy atom. The van der Waals surface area contributed by atoms with Gasteiger partial charge in [-0.1, -0.05) is 41.9 Å². The number of halogens is 2. The average molecular weight is 315 g/mol. The van der Waals surface area contributed by atoms with Crippen LogP contribution < -0.4 is 4.74 Å². The molecule has 0 atom stereocenters. The van der Waals surface area contributed by atoms with Crippen molar-refractivity contribution in [1.29, 1.82) is 0 Å². The zero-order valence-electron chi connectivity index (χ0n) is 11.5. The Bertz CT molecular complexity index is 781. The standard InChI is InChI=1S/C17H12ClFN2O/c18-17-9-16(20-11-21-17)14-7-6-13(8-15(14)19)22-10-12-4-2-1-3-5-12/h1-9,11H,10H2. The van der Waals surface area contributed by atoms with E-state index in [1.807, 2.05) is 30.3 Å². The molecule has 0 aliphatic heterocycles. The van der Waals surface area contributed by atoms with Gasteiger partial charge in [-0.25, -0.2) is 14.4 Å². The van der Waals surface area contributed by atoms with Crippen LogP contribution in [0, 0.1) is 5.82 Å². The van der Waals surface area contributed by atoms with E-state index in [0.717, 1.165) is 5.56 Å². The van der Waals surface area contributed by atoms with Crippen LogP contribution in [0.5, 0.6) is 5.75 Å². The van der Waals surface area contributed by atoms with Crippen LogP contribution in [0.2, 0.25) is 5.15 Å². The molecule has 5 heteroatoms. The summed E-state index contributed by atoms with van der Waals surface area (Å²) < 4.78 is 19.8. The average Bonchev–Trinajstić information content (AvgIpc) is 2.54. The minimum Gasteiger partial charge on any atom is -0.489 e. The van der Waals surface area contributed by atoms with Crippen molar-refractivity contribution in [2.45, 2.75) is 6.61 Å². The fourth-order valence-corrected chi connectivity index (χ4v) is 2.16. The number of aromatic nitrogens is 2. The quantitative estimate of drug-likeness (QED) is 0.664. The summed E-state index contributed by atoms with van der Waals surface area (Å²) in [6.45, 7) is 0.388. The van der Waals surface area contributed by atoms with Crippen LogP contribution in [0.15, 0.2) is 60.9 Å². The fourth-order valence-electron chi connectivity index (χ4n) is 2.02. The van der Waals surface area contributed by atoms with E-state index in [0.29, 0.717) is 23.6 Å². The van der Waals surface area contributed by atoms with Crippen LogP contribution in [0.25, 0.3) is 11.3 Å². The third-order valence-corrected chi connectivity index (χ3v) is 3.31. The molecule has 1 heterocycles. The molecule has 0 amide bonds. The van der Waals surface area contributed by atoms with Crippen molar-refractivity contribution in [2.24, 2.45) is 0 Å². The smallest absolute Gasteiger partial charge is 0.136 e. The Morgan fingerprint density at radius 1 is 1.00 bits per heavy atom. The SMILES string of the molecule is Fc1cc(OCc2ccccc2)ccc1-c1cc(Cl)ncn1. The second-order valence-corrected chi connectivity index (χ2v) is 5.03. The minimum absolute atomic E-state index is 0.272. The Kier molecular flexibility index (Phi) is 4.30. The van der Waals surface area contributed by atoms with Gasteiger partial charge in [-0.2, -0.15) is 0 Å². The highest BCUT2D eigenvalue weighted by molar-refractivity contribution is 6.29. The van der Waals surface area contributed by atoms with Gasteiger partial charge in [0.2, 0.25) is 0 Å². The molecule has 0 unspecified atom stereocenters. The van der Waals surface area contributed by atoms with Gasteiger partial charge >= 0.3 is 0 Å². The van der Waals surface area contributed by atoms with Crippen molar-refractivity contribution in [2.75, 3.05) is 0 Å². The van der Waals surface area contributed by atoms with E-state index in [1.54, 1.807) is 12.1 Å². The third kappa shape index (κ3) is 3.40. The maximum Gasteiger partial charge on any atom is 0.136 e. The van der Waals surface area contributed by atoms with E-state index in [4.69, 9.17) is 16.3 Å². The lowest BCUT2D eigenvalue weighted by Gasteiger charge is -2.08. The molecule has 0 saturated heterocycles. The molecule has 2 aromatic carbocycles. The van der Waals surface area contributed by atoms with E-state index in [2.05, 4.69) is 9.97 Å². The summed E-state index contributed by atoms with van der Waals surface area (Å²) >= 11 is 5.80. The highest BCUT2D eigenvalue weighted by Crippen LogP contribution is 2.26. The van der Waals surface area contributed by atoms with Crippen LogP contribution in [-0.4, -0.2) is 9.97 Å². The molecule has 0 aliphatic carbocycles. The zero-order valence-corrected chi connectivity index (χ0v) is 12.3. The van der Waals surface area contributed by atoms with Crippen LogP contribution in [-0.2, 0) is 6.61 Å². The first-order chi connectivity index (χ1) is 10.7. The van der Waals surface area contributed by atoms with E-state index >= 15 is 0 Å². The van der Waals surface area contributed by atoms with Crippen LogP contribution in [0.3, 0.4) is 0 Å². The molecule has 22 heavy (non-hydrogen) atoms. The largest absolute Gasteiger partial charge is 0.489 e. The third-order valence-electron chi connectivity index (χ3n) is 3.10. The first-order valence-electron chi connectivity index (χ1n) is 6.66. The molecule has 0 spiro atoms. The highest BCUT2D eigenvalue weighted by Gasteiger charge is 2.09. The summed E-state index contributed by atoms with van der Waals surface area (Å²) in [6.07, 6.45) is 1.30. The Morgan fingerprint density at radius 3 is 2.55 bits per heavy atom. The molecule has 3 rings (SSSR count). The van der Waals surface area contributed by atoms with Crippen molar-refractivity contribution < 1.29 is 9.13 Å². The number of nitrogens with zero attached hydrogens (tertiary/aromatic N) is 2. The van der Waals surface area contributed by atoms with Gasteiger partial charge in [0, 0.05) is 17.7 Å². The van der Waals surface area contributed by atoms with E-state index in [-0.39, 0.29) is 5.15 Å². The van der Waals surface area contributed by atoms with Gasteiger partial charge in [0.25, 0.3) is 0 Å². The van der Waals surface area contributed by atoms with Crippen LogP contribution >= 0.6 is 11.6 Å². The molecule has 0 aliphatic rings. The normalized spacial score (nSPS) is 10.5. The zero-order chi connectivity index (χ0) is 15.4. The maximum atomic E-state index is 14.2. The van der Waals surface area contributed by atoms with E-state index in [1.165, 1.54) is 18.5 Å².